The molecule has 4 nitrogen and oxygen atoms in total. The van der Waals surface area contributed by atoms with Gasteiger partial charge in [-0.1, -0.05) is 54.6 Å². The summed E-state index contributed by atoms with van der Waals surface area (Å²) in [6.07, 6.45) is 3.59. The van der Waals surface area contributed by atoms with Crippen molar-refractivity contribution in [1.29, 1.82) is 0 Å². The van der Waals surface area contributed by atoms with Crippen molar-refractivity contribution < 1.29 is 9.47 Å². The molecule has 0 bridgehead atoms. The molecule has 31 heavy (non-hydrogen) atoms. The molecular formula is C27H22N2O2. The number of hydrogen-bond donors (Lipinski definition) is 0. The van der Waals surface area contributed by atoms with Crippen LogP contribution in [0.15, 0.2) is 113 Å². The molecule has 4 aromatic rings. The van der Waals surface area contributed by atoms with Crippen LogP contribution in [0.5, 0.6) is 17.2 Å². The van der Waals surface area contributed by atoms with Crippen molar-refractivity contribution in [3.63, 3.8) is 0 Å². The van der Waals surface area contributed by atoms with Crippen molar-refractivity contribution in [1.82, 2.24) is 0 Å². The minimum atomic E-state index is 0.743. The van der Waals surface area contributed by atoms with Crippen LogP contribution in [-0.2, 0) is 0 Å². The number of benzene rings is 4. The maximum atomic E-state index is 6.02. The number of methoxy groups -OCH3 is 1. The van der Waals surface area contributed by atoms with Crippen LogP contribution < -0.4 is 9.47 Å². The van der Waals surface area contributed by atoms with Gasteiger partial charge < -0.3 is 9.47 Å². The van der Waals surface area contributed by atoms with Gasteiger partial charge in [-0.05, 0) is 48.5 Å². The highest BCUT2D eigenvalue weighted by molar-refractivity contribution is 5.89. The molecule has 0 N–H and O–H groups in total. The minimum absolute atomic E-state index is 0.743. The Kier molecular flexibility index (Phi) is 6.51. The van der Waals surface area contributed by atoms with Crippen molar-refractivity contribution in [3.8, 4) is 17.2 Å². The molecule has 0 unspecified atom stereocenters. The van der Waals surface area contributed by atoms with Gasteiger partial charge in [0.2, 0.25) is 0 Å². The van der Waals surface area contributed by atoms with E-state index in [1.54, 1.807) is 19.5 Å². The highest BCUT2D eigenvalue weighted by Gasteiger charge is 2.04. The summed E-state index contributed by atoms with van der Waals surface area (Å²) in [6, 6.07) is 33.0. The Balaban J connectivity index is 1.59. The number of hydrogen-bond acceptors (Lipinski definition) is 4. The van der Waals surface area contributed by atoms with Crippen LogP contribution in [0.3, 0.4) is 0 Å². The predicted molar refractivity (Wildman–Crippen MR) is 127 cm³/mol. The molecule has 0 heterocycles. The van der Waals surface area contributed by atoms with E-state index in [4.69, 9.17) is 9.47 Å². The average Bonchev–Trinajstić information content (AvgIpc) is 2.83. The first-order valence-electron chi connectivity index (χ1n) is 9.95. The summed E-state index contributed by atoms with van der Waals surface area (Å²) in [5.74, 6) is 2.30. The Hall–Kier alpha value is -4.18. The average molecular weight is 406 g/mol. The third-order valence-electron chi connectivity index (χ3n) is 4.60. The molecular weight excluding hydrogens is 384 g/mol. The summed E-state index contributed by atoms with van der Waals surface area (Å²) >= 11 is 0. The smallest absolute Gasteiger partial charge is 0.136 e. The standard InChI is InChI=1S/C27H22N2O2/c1-30-26-17-9-5-11-21(26)19-28-24-15-7-8-16-25(24)29-20-22-12-6-10-18-27(22)31-23-13-3-2-4-14-23/h2-20H,1H3. The predicted octanol–water partition coefficient (Wildman–Crippen LogP) is 6.99. The second-order valence-corrected chi connectivity index (χ2v) is 6.70. The first kappa shape index (κ1) is 20.1. The molecule has 0 saturated heterocycles. The van der Waals surface area contributed by atoms with Crippen LogP contribution >= 0.6 is 0 Å². The first-order valence-corrected chi connectivity index (χ1v) is 9.95. The zero-order chi connectivity index (χ0) is 21.3. The van der Waals surface area contributed by atoms with E-state index < -0.39 is 0 Å². The number of aliphatic imine (C=N–C) groups is 2. The molecule has 0 aliphatic heterocycles. The van der Waals surface area contributed by atoms with Gasteiger partial charge in [0, 0.05) is 23.6 Å². The molecule has 0 aliphatic rings. The Bertz CT molecular complexity index is 1200. The van der Waals surface area contributed by atoms with E-state index in [9.17, 15) is 0 Å². The van der Waals surface area contributed by atoms with E-state index in [1.807, 2.05) is 103 Å². The highest BCUT2D eigenvalue weighted by Crippen LogP contribution is 2.29. The Morgan fingerprint density at radius 3 is 1.65 bits per heavy atom. The summed E-state index contributed by atoms with van der Waals surface area (Å²) < 4.78 is 11.4. The molecule has 4 heteroatoms. The fraction of sp³-hybridized carbons (Fsp3) is 0.0370. The van der Waals surface area contributed by atoms with Gasteiger partial charge >= 0.3 is 0 Å². The van der Waals surface area contributed by atoms with Crippen LogP contribution in [0.25, 0.3) is 0 Å². The van der Waals surface area contributed by atoms with E-state index in [0.29, 0.717) is 0 Å². The molecule has 0 amide bonds. The van der Waals surface area contributed by atoms with Crippen molar-refractivity contribution in [2.75, 3.05) is 7.11 Å². The zero-order valence-electron chi connectivity index (χ0n) is 17.2. The second kappa shape index (κ2) is 10.0. The van der Waals surface area contributed by atoms with Crippen LogP contribution in [0, 0.1) is 0 Å². The van der Waals surface area contributed by atoms with Gasteiger partial charge in [-0.2, -0.15) is 0 Å². The fourth-order valence-corrected chi connectivity index (χ4v) is 3.03. The molecule has 0 aromatic heterocycles. The van der Waals surface area contributed by atoms with E-state index in [2.05, 4.69) is 9.98 Å². The number of rotatable bonds is 7. The lowest BCUT2D eigenvalue weighted by Gasteiger charge is -2.08. The maximum absolute atomic E-state index is 6.02. The second-order valence-electron chi connectivity index (χ2n) is 6.70. The summed E-state index contributed by atoms with van der Waals surface area (Å²) in [4.78, 5) is 9.32. The fourth-order valence-electron chi connectivity index (χ4n) is 3.03. The largest absolute Gasteiger partial charge is 0.496 e. The summed E-state index contributed by atoms with van der Waals surface area (Å²) in [7, 11) is 1.65. The minimum Gasteiger partial charge on any atom is -0.496 e. The molecule has 0 atom stereocenters. The van der Waals surface area contributed by atoms with Crippen molar-refractivity contribution in [2.45, 2.75) is 0 Å². The van der Waals surface area contributed by atoms with Gasteiger partial charge in [-0.25, -0.2) is 0 Å². The number of para-hydroxylation sites is 5. The van der Waals surface area contributed by atoms with Gasteiger partial charge in [0.1, 0.15) is 17.2 Å². The summed E-state index contributed by atoms with van der Waals surface area (Å²) in [5, 5.41) is 0. The van der Waals surface area contributed by atoms with Gasteiger partial charge in [0.05, 0.1) is 18.5 Å². The Morgan fingerprint density at radius 2 is 1.03 bits per heavy atom. The van der Waals surface area contributed by atoms with E-state index in [-0.39, 0.29) is 0 Å². The Labute approximate surface area is 182 Å². The van der Waals surface area contributed by atoms with Gasteiger partial charge in [-0.3, -0.25) is 9.98 Å². The van der Waals surface area contributed by atoms with Crippen molar-refractivity contribution in [3.05, 3.63) is 114 Å². The SMILES string of the molecule is COc1ccccc1C=Nc1ccccc1N=Cc1ccccc1Oc1ccccc1. The lowest BCUT2D eigenvalue weighted by atomic mass is 10.2. The Morgan fingerprint density at radius 1 is 0.548 bits per heavy atom. The maximum Gasteiger partial charge on any atom is 0.136 e. The van der Waals surface area contributed by atoms with Crippen molar-refractivity contribution >= 4 is 23.8 Å². The number of nitrogens with zero attached hydrogens (tertiary/aromatic N) is 2. The van der Waals surface area contributed by atoms with Crippen LogP contribution in [0.1, 0.15) is 11.1 Å². The molecule has 0 saturated carbocycles. The number of ether oxygens (including phenoxy) is 2. The molecule has 0 radical (unpaired) electrons. The lowest BCUT2D eigenvalue weighted by molar-refractivity contribution is 0.414. The van der Waals surface area contributed by atoms with Gasteiger partial charge in [0.25, 0.3) is 0 Å². The van der Waals surface area contributed by atoms with Crippen LogP contribution in [0.2, 0.25) is 0 Å². The first-order chi connectivity index (χ1) is 15.3. The molecule has 0 aliphatic carbocycles. The molecule has 0 spiro atoms. The van der Waals surface area contributed by atoms with Crippen LogP contribution in [0.4, 0.5) is 11.4 Å². The van der Waals surface area contributed by atoms with E-state index in [1.165, 1.54) is 0 Å². The third kappa shape index (κ3) is 5.25. The monoisotopic (exact) mass is 406 g/mol. The highest BCUT2D eigenvalue weighted by atomic mass is 16.5. The third-order valence-corrected chi connectivity index (χ3v) is 4.60. The topological polar surface area (TPSA) is 43.2 Å². The zero-order valence-corrected chi connectivity index (χ0v) is 17.2. The summed E-state index contributed by atoms with van der Waals surface area (Å²) in [5.41, 5.74) is 3.33. The van der Waals surface area contributed by atoms with Crippen molar-refractivity contribution in [2.24, 2.45) is 9.98 Å². The van der Waals surface area contributed by atoms with Crippen LogP contribution in [-0.4, -0.2) is 19.5 Å². The molecule has 0 fully saturated rings. The van der Waals surface area contributed by atoms with E-state index in [0.717, 1.165) is 39.8 Å². The quantitative estimate of drug-likeness (QED) is 0.310. The van der Waals surface area contributed by atoms with Gasteiger partial charge in [0.15, 0.2) is 0 Å². The summed E-state index contributed by atoms with van der Waals surface area (Å²) in [6.45, 7) is 0. The van der Waals surface area contributed by atoms with E-state index >= 15 is 0 Å². The lowest BCUT2D eigenvalue weighted by Crippen LogP contribution is -1.90. The normalized spacial score (nSPS) is 11.1. The van der Waals surface area contributed by atoms with Gasteiger partial charge in [-0.15, -0.1) is 0 Å². The molecule has 4 rings (SSSR count). The molecule has 4 aromatic carbocycles. The molecule has 152 valence electrons.